The lowest BCUT2D eigenvalue weighted by Crippen LogP contribution is -2.51. The van der Waals surface area contributed by atoms with Gasteiger partial charge in [0.1, 0.15) is 0 Å². The van der Waals surface area contributed by atoms with Gasteiger partial charge >= 0.3 is 6.18 Å². The van der Waals surface area contributed by atoms with Gasteiger partial charge in [0.25, 0.3) is 5.91 Å². The first-order chi connectivity index (χ1) is 12.1. The zero-order chi connectivity index (χ0) is 19.5. The SMILES string of the molecule is CCC(C)CCc1ccccc1NC(=O)C1(Cl)CN(C)N=C1C(F)(F)F. The van der Waals surface area contributed by atoms with E-state index in [1.54, 1.807) is 12.1 Å². The number of anilines is 1. The molecule has 1 heterocycles. The molecule has 0 saturated carbocycles. The Balaban J connectivity index is 2.21. The van der Waals surface area contributed by atoms with Crippen LogP contribution in [-0.4, -0.2) is 41.3 Å². The van der Waals surface area contributed by atoms with Crippen molar-refractivity contribution in [1.82, 2.24) is 5.01 Å². The Bertz CT molecular complexity index is 693. The van der Waals surface area contributed by atoms with E-state index in [9.17, 15) is 18.0 Å². The zero-order valence-electron chi connectivity index (χ0n) is 15.0. The van der Waals surface area contributed by atoms with Crippen LogP contribution < -0.4 is 5.32 Å². The summed E-state index contributed by atoms with van der Waals surface area (Å²) in [5, 5.41) is 7.01. The molecule has 0 aliphatic carbocycles. The number of nitrogens with zero attached hydrogens (tertiary/aromatic N) is 2. The average Bonchev–Trinajstić information content (AvgIpc) is 2.90. The third-order valence-electron chi connectivity index (χ3n) is 4.59. The lowest BCUT2D eigenvalue weighted by atomic mass is 9.97. The van der Waals surface area contributed by atoms with E-state index in [1.807, 2.05) is 12.1 Å². The number of hydrogen-bond donors (Lipinski definition) is 1. The molecule has 4 nitrogen and oxygen atoms in total. The first kappa shape index (κ1) is 20.6. The summed E-state index contributed by atoms with van der Waals surface area (Å²) in [6.45, 7) is 3.89. The smallest absolute Gasteiger partial charge is 0.324 e. The van der Waals surface area contributed by atoms with E-state index in [4.69, 9.17) is 11.6 Å². The summed E-state index contributed by atoms with van der Waals surface area (Å²) in [6, 6.07) is 7.10. The molecule has 1 aliphatic heterocycles. The van der Waals surface area contributed by atoms with Gasteiger partial charge in [-0.3, -0.25) is 9.80 Å². The Kier molecular flexibility index (Phi) is 6.21. The van der Waals surface area contributed by atoms with Gasteiger partial charge in [-0.05, 0) is 30.4 Å². The largest absolute Gasteiger partial charge is 0.433 e. The molecule has 0 bridgehead atoms. The number of amides is 1. The maximum absolute atomic E-state index is 13.2. The lowest BCUT2D eigenvalue weighted by molar-refractivity contribution is -0.118. The maximum Gasteiger partial charge on any atom is 0.433 e. The van der Waals surface area contributed by atoms with Crippen molar-refractivity contribution in [3.8, 4) is 0 Å². The number of hydrazone groups is 1. The van der Waals surface area contributed by atoms with Crippen molar-refractivity contribution in [3.63, 3.8) is 0 Å². The molecular formula is C18H23ClF3N3O. The van der Waals surface area contributed by atoms with Crippen LogP contribution in [0.5, 0.6) is 0 Å². The van der Waals surface area contributed by atoms with Gasteiger partial charge in [0, 0.05) is 12.7 Å². The molecule has 2 rings (SSSR count). The number of carbonyl (C=O) groups excluding carboxylic acids is 1. The van der Waals surface area contributed by atoms with Crippen molar-refractivity contribution in [2.24, 2.45) is 11.0 Å². The first-order valence-electron chi connectivity index (χ1n) is 8.53. The molecule has 144 valence electrons. The minimum atomic E-state index is -4.78. The highest BCUT2D eigenvalue weighted by atomic mass is 35.5. The quantitative estimate of drug-likeness (QED) is 0.731. The molecule has 26 heavy (non-hydrogen) atoms. The van der Waals surface area contributed by atoms with E-state index in [2.05, 4.69) is 24.3 Å². The van der Waals surface area contributed by atoms with E-state index >= 15 is 0 Å². The summed E-state index contributed by atoms with van der Waals surface area (Å²) in [7, 11) is 1.35. The van der Waals surface area contributed by atoms with Crippen LogP contribution >= 0.6 is 11.6 Å². The van der Waals surface area contributed by atoms with Crippen molar-refractivity contribution in [1.29, 1.82) is 0 Å². The Labute approximate surface area is 156 Å². The molecule has 1 N–H and O–H groups in total. The maximum atomic E-state index is 13.2. The Morgan fingerprint density at radius 3 is 2.69 bits per heavy atom. The van der Waals surface area contributed by atoms with Gasteiger partial charge in [0.05, 0.1) is 6.54 Å². The van der Waals surface area contributed by atoms with Crippen LogP contribution in [0.3, 0.4) is 0 Å². The van der Waals surface area contributed by atoms with E-state index in [-0.39, 0.29) is 6.54 Å². The lowest BCUT2D eigenvalue weighted by Gasteiger charge is -2.24. The number of alkyl halides is 4. The summed E-state index contributed by atoms with van der Waals surface area (Å²) in [5.41, 5.74) is 0.0684. The molecule has 2 atom stereocenters. The van der Waals surface area contributed by atoms with Gasteiger partial charge in [0.15, 0.2) is 10.6 Å². The summed E-state index contributed by atoms with van der Waals surface area (Å²) in [4.78, 5) is 10.4. The summed E-state index contributed by atoms with van der Waals surface area (Å²) in [5.74, 6) is -0.402. The summed E-state index contributed by atoms with van der Waals surface area (Å²) < 4.78 is 39.7. The molecule has 0 saturated heterocycles. The second-order valence-corrected chi connectivity index (χ2v) is 7.37. The van der Waals surface area contributed by atoms with Crippen LogP contribution in [-0.2, 0) is 11.2 Å². The molecule has 1 aromatic carbocycles. The van der Waals surface area contributed by atoms with Gasteiger partial charge in [0.2, 0.25) is 0 Å². The normalized spacial score (nSPS) is 21.5. The van der Waals surface area contributed by atoms with E-state index in [0.717, 1.165) is 29.8 Å². The predicted molar refractivity (Wildman–Crippen MR) is 97.6 cm³/mol. The third-order valence-corrected chi connectivity index (χ3v) is 5.06. The van der Waals surface area contributed by atoms with Crippen LogP contribution in [0.25, 0.3) is 0 Å². The number of aryl methyl sites for hydroxylation is 1. The Morgan fingerprint density at radius 2 is 2.08 bits per heavy atom. The number of benzene rings is 1. The number of halogens is 4. The van der Waals surface area contributed by atoms with Gasteiger partial charge in [-0.15, -0.1) is 0 Å². The molecule has 2 unspecified atom stereocenters. The second kappa shape index (κ2) is 7.86. The first-order valence-corrected chi connectivity index (χ1v) is 8.91. The Hall–Kier alpha value is -1.76. The molecule has 0 radical (unpaired) electrons. The fourth-order valence-corrected chi connectivity index (χ4v) is 3.19. The van der Waals surface area contributed by atoms with Crippen LogP contribution in [0.15, 0.2) is 29.4 Å². The third kappa shape index (κ3) is 4.50. The minimum absolute atomic E-state index is 0.343. The molecule has 0 fully saturated rings. The highest BCUT2D eigenvalue weighted by Gasteiger charge is 2.58. The summed E-state index contributed by atoms with van der Waals surface area (Å²) >= 11 is 6.11. The second-order valence-electron chi connectivity index (χ2n) is 6.73. The average molecular weight is 390 g/mol. The molecule has 0 spiro atoms. The molecule has 0 aromatic heterocycles. The van der Waals surface area contributed by atoms with Gasteiger partial charge in [-0.25, -0.2) is 0 Å². The molecule has 1 aliphatic rings. The fraction of sp³-hybridized carbons (Fsp3) is 0.556. The van der Waals surface area contributed by atoms with Crippen LogP contribution in [0.4, 0.5) is 18.9 Å². The fourth-order valence-electron chi connectivity index (χ4n) is 2.82. The van der Waals surface area contributed by atoms with E-state index in [1.165, 1.54) is 7.05 Å². The van der Waals surface area contributed by atoms with Gasteiger partial charge < -0.3 is 5.32 Å². The zero-order valence-corrected chi connectivity index (χ0v) is 15.8. The highest BCUT2D eigenvalue weighted by Crippen LogP contribution is 2.36. The number of hydrogen-bond acceptors (Lipinski definition) is 3. The molecule has 1 aromatic rings. The van der Waals surface area contributed by atoms with E-state index in [0.29, 0.717) is 11.6 Å². The number of rotatable bonds is 6. The van der Waals surface area contributed by atoms with Crippen LogP contribution in [0.2, 0.25) is 0 Å². The van der Waals surface area contributed by atoms with E-state index < -0.39 is 22.7 Å². The van der Waals surface area contributed by atoms with Crippen LogP contribution in [0.1, 0.15) is 32.3 Å². The van der Waals surface area contributed by atoms with Crippen molar-refractivity contribution in [2.75, 3.05) is 18.9 Å². The Morgan fingerprint density at radius 1 is 1.42 bits per heavy atom. The van der Waals surface area contributed by atoms with Gasteiger partial charge in [-0.1, -0.05) is 50.1 Å². The van der Waals surface area contributed by atoms with Crippen molar-refractivity contribution in [3.05, 3.63) is 29.8 Å². The van der Waals surface area contributed by atoms with Crippen molar-refractivity contribution >= 4 is 28.9 Å². The number of para-hydroxylation sites is 1. The monoisotopic (exact) mass is 389 g/mol. The minimum Gasteiger partial charge on any atom is -0.324 e. The van der Waals surface area contributed by atoms with Crippen molar-refractivity contribution in [2.45, 2.75) is 44.2 Å². The molecular weight excluding hydrogens is 367 g/mol. The molecule has 1 amide bonds. The number of nitrogens with one attached hydrogen (secondary N) is 1. The topological polar surface area (TPSA) is 44.7 Å². The van der Waals surface area contributed by atoms with Gasteiger partial charge in [-0.2, -0.15) is 18.3 Å². The molecule has 8 heteroatoms. The highest BCUT2D eigenvalue weighted by molar-refractivity contribution is 6.50. The summed E-state index contributed by atoms with van der Waals surface area (Å²) in [6.07, 6.45) is -2.09. The standard InChI is InChI=1S/C18H23ClF3N3O/c1-4-12(2)9-10-13-7-5-6-8-14(13)23-16(26)17(19)11-25(3)24-15(17)18(20,21)22/h5-8,12H,4,9-11H2,1-3H3,(H,23,26). The van der Waals surface area contributed by atoms with Crippen LogP contribution in [0, 0.1) is 5.92 Å². The number of carbonyl (C=O) groups is 1. The predicted octanol–water partition coefficient (Wildman–Crippen LogP) is 4.45. The van der Waals surface area contributed by atoms with Crippen molar-refractivity contribution < 1.29 is 18.0 Å².